The van der Waals surface area contributed by atoms with Gasteiger partial charge in [0, 0.05) is 60.1 Å². The average Bonchev–Trinajstić information content (AvgIpc) is 2.50. The van der Waals surface area contributed by atoms with Crippen LogP contribution in [0, 0.1) is 0 Å². The zero-order chi connectivity index (χ0) is 14.8. The van der Waals surface area contributed by atoms with Gasteiger partial charge in [-0.3, -0.25) is 9.69 Å². The van der Waals surface area contributed by atoms with Crippen molar-refractivity contribution in [3.05, 3.63) is 0 Å². The first kappa shape index (κ1) is 17.4. The molecular formula is C14H29N3O3. The van der Waals surface area contributed by atoms with E-state index in [2.05, 4.69) is 10.2 Å². The fourth-order valence-corrected chi connectivity index (χ4v) is 2.42. The van der Waals surface area contributed by atoms with Crippen molar-refractivity contribution in [3.63, 3.8) is 0 Å². The van der Waals surface area contributed by atoms with Crippen LogP contribution in [0.15, 0.2) is 0 Å². The van der Waals surface area contributed by atoms with Crippen LogP contribution in [0.5, 0.6) is 0 Å². The summed E-state index contributed by atoms with van der Waals surface area (Å²) in [4.78, 5) is 16.8. The number of nitrogens with one attached hydrogen (secondary N) is 1. The van der Waals surface area contributed by atoms with Gasteiger partial charge in [0.1, 0.15) is 0 Å². The van der Waals surface area contributed by atoms with E-state index >= 15 is 0 Å². The molecule has 0 aromatic rings. The van der Waals surface area contributed by atoms with Crippen molar-refractivity contribution in [2.24, 2.45) is 0 Å². The van der Waals surface area contributed by atoms with Gasteiger partial charge < -0.3 is 19.7 Å². The Balaban J connectivity index is 2.50. The van der Waals surface area contributed by atoms with Crippen LogP contribution in [0.4, 0.5) is 0 Å². The summed E-state index contributed by atoms with van der Waals surface area (Å²) in [7, 11) is 3.35. The summed E-state index contributed by atoms with van der Waals surface area (Å²) in [5.41, 5.74) is 0. The van der Waals surface area contributed by atoms with Gasteiger partial charge in [-0.25, -0.2) is 0 Å². The lowest BCUT2D eigenvalue weighted by Gasteiger charge is -2.35. The van der Waals surface area contributed by atoms with Crippen LogP contribution in [-0.4, -0.2) is 88.5 Å². The third kappa shape index (κ3) is 5.75. The van der Waals surface area contributed by atoms with Crippen LogP contribution in [0.3, 0.4) is 0 Å². The largest absolute Gasteiger partial charge is 0.385 e. The van der Waals surface area contributed by atoms with E-state index in [1.165, 1.54) is 0 Å². The van der Waals surface area contributed by atoms with Gasteiger partial charge in [-0.15, -0.1) is 0 Å². The van der Waals surface area contributed by atoms with Crippen molar-refractivity contribution in [2.45, 2.75) is 19.4 Å². The van der Waals surface area contributed by atoms with E-state index in [4.69, 9.17) is 9.47 Å². The maximum absolute atomic E-state index is 12.6. The minimum Gasteiger partial charge on any atom is -0.385 e. The summed E-state index contributed by atoms with van der Waals surface area (Å²) in [5.74, 6) is 0.194. The van der Waals surface area contributed by atoms with Crippen molar-refractivity contribution in [1.82, 2.24) is 15.1 Å². The summed E-state index contributed by atoms with van der Waals surface area (Å²) >= 11 is 0. The molecule has 6 nitrogen and oxygen atoms in total. The maximum atomic E-state index is 12.6. The Morgan fingerprint density at radius 3 is 2.45 bits per heavy atom. The molecule has 0 aromatic heterocycles. The van der Waals surface area contributed by atoms with Gasteiger partial charge in [0.25, 0.3) is 0 Å². The standard InChI is InChI=1S/C14H29N3O3/c1-13(16-8-5-15-6-9-16)14(18)17(10-12-20-3)7-4-11-19-2/h13,15H,4-12H2,1-3H3. The predicted molar refractivity (Wildman–Crippen MR) is 78.9 cm³/mol. The molecule has 1 aliphatic rings. The summed E-state index contributed by atoms with van der Waals surface area (Å²) in [5, 5.41) is 3.31. The Morgan fingerprint density at radius 2 is 1.85 bits per heavy atom. The lowest BCUT2D eigenvalue weighted by Crippen LogP contribution is -2.54. The quantitative estimate of drug-likeness (QED) is 0.595. The molecular weight excluding hydrogens is 258 g/mol. The van der Waals surface area contributed by atoms with Crippen LogP contribution < -0.4 is 5.32 Å². The van der Waals surface area contributed by atoms with E-state index in [0.29, 0.717) is 19.8 Å². The fraction of sp³-hybridized carbons (Fsp3) is 0.929. The Hall–Kier alpha value is -0.690. The molecule has 1 N–H and O–H groups in total. The van der Waals surface area contributed by atoms with E-state index in [9.17, 15) is 4.79 Å². The molecule has 118 valence electrons. The van der Waals surface area contributed by atoms with E-state index in [1.807, 2.05) is 11.8 Å². The van der Waals surface area contributed by atoms with Crippen LogP contribution >= 0.6 is 0 Å². The molecule has 1 amide bonds. The van der Waals surface area contributed by atoms with Gasteiger partial charge in [-0.1, -0.05) is 0 Å². The van der Waals surface area contributed by atoms with Crippen molar-refractivity contribution >= 4 is 5.91 Å². The van der Waals surface area contributed by atoms with E-state index < -0.39 is 0 Å². The molecule has 0 aliphatic carbocycles. The monoisotopic (exact) mass is 287 g/mol. The number of methoxy groups -OCH3 is 2. The first-order valence-corrected chi connectivity index (χ1v) is 7.42. The number of carbonyl (C=O) groups is 1. The number of hydrogen-bond acceptors (Lipinski definition) is 5. The highest BCUT2D eigenvalue weighted by Crippen LogP contribution is 2.06. The van der Waals surface area contributed by atoms with Crippen molar-refractivity contribution in [2.75, 3.05) is 66.7 Å². The zero-order valence-corrected chi connectivity index (χ0v) is 13.1. The van der Waals surface area contributed by atoms with Crippen molar-refractivity contribution < 1.29 is 14.3 Å². The topological polar surface area (TPSA) is 54.0 Å². The van der Waals surface area contributed by atoms with Gasteiger partial charge in [0.2, 0.25) is 5.91 Å². The molecule has 1 fully saturated rings. The SMILES string of the molecule is COCCCN(CCOC)C(=O)C(C)N1CCNCC1. The van der Waals surface area contributed by atoms with Gasteiger partial charge in [-0.05, 0) is 13.3 Å². The van der Waals surface area contributed by atoms with E-state index in [1.54, 1.807) is 14.2 Å². The van der Waals surface area contributed by atoms with Gasteiger partial charge in [0.05, 0.1) is 12.6 Å². The average molecular weight is 287 g/mol. The molecule has 6 heteroatoms. The molecule has 0 bridgehead atoms. The molecule has 1 saturated heterocycles. The van der Waals surface area contributed by atoms with Crippen LogP contribution in [0.25, 0.3) is 0 Å². The normalized spacial score (nSPS) is 17.9. The molecule has 1 heterocycles. The second-order valence-corrected chi connectivity index (χ2v) is 5.13. The number of piperazine rings is 1. The molecule has 20 heavy (non-hydrogen) atoms. The van der Waals surface area contributed by atoms with Crippen molar-refractivity contribution in [1.29, 1.82) is 0 Å². The number of rotatable bonds is 9. The minimum absolute atomic E-state index is 0.0588. The highest BCUT2D eigenvalue weighted by molar-refractivity contribution is 5.81. The smallest absolute Gasteiger partial charge is 0.239 e. The molecule has 1 atom stereocenters. The number of ether oxygens (including phenoxy) is 2. The molecule has 1 aliphatic heterocycles. The number of carbonyl (C=O) groups excluding carboxylic acids is 1. The summed E-state index contributed by atoms with van der Waals surface area (Å²) < 4.78 is 10.2. The second kappa shape index (κ2) is 10.1. The number of amides is 1. The fourth-order valence-electron chi connectivity index (χ4n) is 2.42. The molecule has 1 rings (SSSR count). The predicted octanol–water partition coefficient (Wildman–Crippen LogP) is -0.208. The van der Waals surface area contributed by atoms with Crippen LogP contribution in [-0.2, 0) is 14.3 Å². The first-order valence-electron chi connectivity index (χ1n) is 7.42. The van der Waals surface area contributed by atoms with Crippen molar-refractivity contribution in [3.8, 4) is 0 Å². The molecule has 0 aromatic carbocycles. The zero-order valence-electron chi connectivity index (χ0n) is 13.1. The first-order chi connectivity index (χ1) is 9.70. The molecule has 1 unspecified atom stereocenters. The molecule has 0 radical (unpaired) electrons. The number of hydrogen-bond donors (Lipinski definition) is 1. The summed E-state index contributed by atoms with van der Waals surface area (Å²) in [6.45, 7) is 8.42. The third-order valence-electron chi connectivity index (χ3n) is 3.71. The van der Waals surface area contributed by atoms with Crippen LogP contribution in [0.1, 0.15) is 13.3 Å². The van der Waals surface area contributed by atoms with Crippen LogP contribution in [0.2, 0.25) is 0 Å². The molecule has 0 saturated carbocycles. The number of nitrogens with zero attached hydrogens (tertiary/aromatic N) is 2. The highest BCUT2D eigenvalue weighted by atomic mass is 16.5. The summed E-state index contributed by atoms with van der Waals surface area (Å²) in [6, 6.07) is -0.0588. The lowest BCUT2D eigenvalue weighted by atomic mass is 10.2. The second-order valence-electron chi connectivity index (χ2n) is 5.13. The molecule has 0 spiro atoms. The van der Waals surface area contributed by atoms with Gasteiger partial charge >= 0.3 is 0 Å². The minimum atomic E-state index is -0.0588. The van der Waals surface area contributed by atoms with Gasteiger partial charge in [-0.2, -0.15) is 0 Å². The third-order valence-corrected chi connectivity index (χ3v) is 3.71. The summed E-state index contributed by atoms with van der Waals surface area (Å²) in [6.07, 6.45) is 0.861. The van der Waals surface area contributed by atoms with E-state index in [0.717, 1.165) is 39.1 Å². The Labute approximate surface area is 122 Å². The Bertz CT molecular complexity index is 270. The Morgan fingerprint density at radius 1 is 1.20 bits per heavy atom. The lowest BCUT2D eigenvalue weighted by molar-refractivity contribution is -0.137. The maximum Gasteiger partial charge on any atom is 0.239 e. The highest BCUT2D eigenvalue weighted by Gasteiger charge is 2.26. The Kier molecular flexibility index (Phi) is 8.77. The van der Waals surface area contributed by atoms with E-state index in [-0.39, 0.29) is 11.9 Å². The van der Waals surface area contributed by atoms with Gasteiger partial charge in [0.15, 0.2) is 0 Å².